The lowest BCUT2D eigenvalue weighted by Gasteiger charge is -2.21. The zero-order chi connectivity index (χ0) is 18.4. The number of aromatic nitrogens is 2. The lowest BCUT2D eigenvalue weighted by molar-refractivity contribution is 0.336. The van der Waals surface area contributed by atoms with Crippen molar-refractivity contribution in [2.45, 2.75) is 56.2 Å². The van der Waals surface area contributed by atoms with E-state index in [1.54, 1.807) is 18.0 Å². The van der Waals surface area contributed by atoms with Gasteiger partial charge in [0.25, 0.3) is 5.56 Å². The molecule has 0 atom stereocenters. The van der Waals surface area contributed by atoms with Gasteiger partial charge in [-0.3, -0.25) is 4.79 Å². The van der Waals surface area contributed by atoms with Crippen LogP contribution in [0.5, 0.6) is 0 Å². The zero-order valence-electron chi connectivity index (χ0n) is 14.9. The summed E-state index contributed by atoms with van der Waals surface area (Å²) >= 11 is 11.3. The average molecular weight is 444 g/mol. The van der Waals surface area contributed by atoms with Gasteiger partial charge in [-0.2, -0.15) is 5.10 Å². The van der Waals surface area contributed by atoms with Crippen LogP contribution < -0.4 is 5.56 Å². The Kier molecular flexibility index (Phi) is 7.59. The summed E-state index contributed by atoms with van der Waals surface area (Å²) in [5.41, 5.74) is 1.96. The molecule has 0 bridgehead atoms. The number of hydrogen-bond acceptors (Lipinski definition) is 3. The van der Waals surface area contributed by atoms with Crippen LogP contribution >= 0.6 is 39.3 Å². The van der Waals surface area contributed by atoms with Gasteiger partial charge in [0, 0.05) is 11.1 Å². The summed E-state index contributed by atoms with van der Waals surface area (Å²) in [4.78, 5) is 13.1. The number of hydrogen-bond donors (Lipinski definition) is 0. The largest absolute Gasteiger partial charge is 0.287 e. The number of halogens is 2. The fourth-order valence-corrected chi connectivity index (χ4v) is 3.92. The second-order valence-electron chi connectivity index (χ2n) is 6.96. The molecule has 2 aromatic rings. The van der Waals surface area contributed by atoms with E-state index < -0.39 is 0 Å². The summed E-state index contributed by atoms with van der Waals surface area (Å²) in [5.74, 6) is 0.766. The van der Waals surface area contributed by atoms with E-state index in [9.17, 15) is 4.79 Å². The van der Waals surface area contributed by atoms with Crippen LogP contribution in [0.25, 0.3) is 0 Å². The van der Waals surface area contributed by atoms with Crippen LogP contribution in [-0.2, 0) is 17.7 Å². The highest BCUT2D eigenvalue weighted by atomic mass is 79.9. The van der Waals surface area contributed by atoms with Crippen LogP contribution in [0.2, 0.25) is 5.02 Å². The van der Waals surface area contributed by atoms with Crippen molar-refractivity contribution >= 4 is 39.3 Å². The van der Waals surface area contributed by atoms with E-state index in [1.807, 2.05) is 20.8 Å². The van der Waals surface area contributed by atoms with E-state index in [1.165, 1.54) is 28.7 Å². The van der Waals surface area contributed by atoms with Crippen molar-refractivity contribution < 1.29 is 0 Å². The monoisotopic (exact) mass is 442 g/mol. The minimum Gasteiger partial charge on any atom is -0.266 e. The standard InChI is InChI=1S/C19H24BrClN2OS/c1-19(2,3)23-18(24)17(21)16(12-22-23)25-13-15-9-7-14(8-10-15)6-4-5-11-20/h7-10,12H,4-6,11,13H2,1-3H3. The Labute approximate surface area is 167 Å². The summed E-state index contributed by atoms with van der Waals surface area (Å²) in [6, 6.07) is 8.66. The Morgan fingerprint density at radius 2 is 1.80 bits per heavy atom. The molecule has 1 aromatic heterocycles. The van der Waals surface area contributed by atoms with Gasteiger partial charge in [-0.25, -0.2) is 4.68 Å². The smallest absolute Gasteiger partial charge is 0.266 e. The van der Waals surface area contributed by atoms with Gasteiger partial charge in [-0.15, -0.1) is 11.8 Å². The van der Waals surface area contributed by atoms with E-state index >= 15 is 0 Å². The third kappa shape index (κ3) is 5.87. The van der Waals surface area contributed by atoms with Gasteiger partial charge in [-0.05, 0) is 51.2 Å². The second kappa shape index (κ2) is 9.24. The molecule has 0 radical (unpaired) electrons. The van der Waals surface area contributed by atoms with Gasteiger partial charge >= 0.3 is 0 Å². The fraction of sp³-hybridized carbons (Fsp3) is 0.474. The maximum absolute atomic E-state index is 12.4. The summed E-state index contributed by atoms with van der Waals surface area (Å²) in [5, 5.41) is 5.58. The topological polar surface area (TPSA) is 34.9 Å². The van der Waals surface area contributed by atoms with E-state index in [4.69, 9.17) is 11.6 Å². The van der Waals surface area contributed by atoms with Crippen LogP contribution in [0.3, 0.4) is 0 Å². The minimum absolute atomic E-state index is 0.235. The number of alkyl halides is 1. The molecule has 2 rings (SSSR count). The van der Waals surface area contributed by atoms with Gasteiger partial charge in [0.2, 0.25) is 0 Å². The molecule has 0 saturated heterocycles. The second-order valence-corrected chi connectivity index (χ2v) is 9.15. The van der Waals surface area contributed by atoms with Gasteiger partial charge in [0.05, 0.1) is 16.6 Å². The number of nitrogens with zero attached hydrogens (tertiary/aromatic N) is 2. The lowest BCUT2D eigenvalue weighted by Crippen LogP contribution is -2.36. The predicted octanol–water partition coefficient (Wildman–Crippen LogP) is 5.66. The van der Waals surface area contributed by atoms with Gasteiger partial charge in [0.1, 0.15) is 5.02 Å². The minimum atomic E-state index is -0.380. The highest BCUT2D eigenvalue weighted by Gasteiger charge is 2.19. The number of rotatable bonds is 7. The van der Waals surface area contributed by atoms with E-state index in [0.717, 1.165) is 22.4 Å². The molecule has 0 aliphatic rings. The normalized spacial score (nSPS) is 11.7. The quantitative estimate of drug-likeness (QED) is 0.314. The highest BCUT2D eigenvalue weighted by molar-refractivity contribution is 9.09. The molecule has 0 aliphatic carbocycles. The maximum atomic E-state index is 12.4. The van der Waals surface area contributed by atoms with Crippen molar-refractivity contribution in [3.63, 3.8) is 0 Å². The first-order valence-corrected chi connectivity index (χ1v) is 10.9. The fourth-order valence-electron chi connectivity index (χ4n) is 2.38. The molecule has 6 heteroatoms. The molecule has 0 amide bonds. The molecule has 25 heavy (non-hydrogen) atoms. The summed E-state index contributed by atoms with van der Waals surface area (Å²) in [6.45, 7) is 5.80. The Balaban J connectivity index is 2.02. The molecule has 0 aliphatic heterocycles. The average Bonchev–Trinajstić information content (AvgIpc) is 2.56. The van der Waals surface area contributed by atoms with Crippen LogP contribution in [-0.4, -0.2) is 15.1 Å². The molecular weight excluding hydrogens is 420 g/mol. The molecule has 0 fully saturated rings. The number of benzene rings is 1. The Morgan fingerprint density at radius 1 is 1.16 bits per heavy atom. The summed E-state index contributed by atoms with van der Waals surface area (Å²) in [6.07, 6.45) is 5.20. The van der Waals surface area contributed by atoms with Gasteiger partial charge in [0.15, 0.2) is 0 Å². The maximum Gasteiger partial charge on any atom is 0.287 e. The molecule has 0 saturated carbocycles. The molecule has 0 N–H and O–H groups in total. The van der Waals surface area contributed by atoms with Crippen LogP contribution in [0.1, 0.15) is 44.7 Å². The molecule has 3 nitrogen and oxygen atoms in total. The van der Waals surface area contributed by atoms with Crippen molar-refractivity contribution in [2.24, 2.45) is 0 Å². The first kappa shape index (κ1) is 20.5. The predicted molar refractivity (Wildman–Crippen MR) is 111 cm³/mol. The third-order valence-electron chi connectivity index (χ3n) is 3.79. The molecule has 1 heterocycles. The van der Waals surface area contributed by atoms with Gasteiger partial charge < -0.3 is 0 Å². The molecule has 1 aromatic carbocycles. The third-order valence-corrected chi connectivity index (χ3v) is 5.92. The van der Waals surface area contributed by atoms with Gasteiger partial charge in [-0.1, -0.05) is 51.8 Å². The van der Waals surface area contributed by atoms with Crippen LogP contribution in [0.4, 0.5) is 0 Å². The Bertz CT molecular complexity index is 753. The Hall–Kier alpha value is -0.780. The molecular formula is C19H24BrClN2OS. The van der Waals surface area contributed by atoms with E-state index in [0.29, 0.717) is 0 Å². The first-order chi connectivity index (χ1) is 11.8. The van der Waals surface area contributed by atoms with E-state index in [-0.39, 0.29) is 16.1 Å². The number of unbranched alkanes of at least 4 members (excludes halogenated alkanes) is 1. The highest BCUT2D eigenvalue weighted by Crippen LogP contribution is 2.27. The van der Waals surface area contributed by atoms with Crippen molar-refractivity contribution in [1.82, 2.24) is 9.78 Å². The van der Waals surface area contributed by atoms with E-state index in [2.05, 4.69) is 45.3 Å². The number of thioether (sulfide) groups is 1. The molecule has 136 valence electrons. The lowest BCUT2D eigenvalue weighted by atomic mass is 10.1. The van der Waals surface area contributed by atoms with Crippen LogP contribution in [0, 0.1) is 0 Å². The zero-order valence-corrected chi connectivity index (χ0v) is 18.0. The Morgan fingerprint density at radius 3 is 2.40 bits per heavy atom. The summed E-state index contributed by atoms with van der Waals surface area (Å²) < 4.78 is 1.43. The molecule has 0 unspecified atom stereocenters. The number of aryl methyl sites for hydroxylation is 1. The first-order valence-electron chi connectivity index (χ1n) is 8.38. The van der Waals surface area contributed by atoms with Crippen LogP contribution in [0.15, 0.2) is 40.2 Å². The SMILES string of the molecule is CC(C)(C)n1ncc(SCc2ccc(CCCCBr)cc2)c(Cl)c1=O. The van der Waals surface area contributed by atoms with Crippen molar-refractivity contribution in [2.75, 3.05) is 5.33 Å². The van der Waals surface area contributed by atoms with Crippen molar-refractivity contribution in [1.29, 1.82) is 0 Å². The van der Waals surface area contributed by atoms with Crippen molar-refractivity contribution in [3.05, 3.63) is 57.0 Å². The molecule has 0 spiro atoms. The van der Waals surface area contributed by atoms with Crippen molar-refractivity contribution in [3.8, 4) is 0 Å². The summed E-state index contributed by atoms with van der Waals surface area (Å²) in [7, 11) is 0.